The standard InChI is InChI=1S/C20H29N7O2/c1-25-13-7-20(19(29)23-8-4-15-5-9-24-26(15)2)6-3-12-27(16(20)14-25)18(28)17-21-10-11-22-17/h5,9-11,16H,3-4,6-8,12-14H2,1-2H3,(H,21,22)(H,23,29)/t16-,20+/m0/s1. The number of likely N-dealkylation sites (tertiary alicyclic amines) is 2. The van der Waals surface area contributed by atoms with Crippen molar-refractivity contribution in [1.29, 1.82) is 0 Å². The van der Waals surface area contributed by atoms with Crippen molar-refractivity contribution in [1.82, 2.24) is 34.9 Å². The quantitative estimate of drug-likeness (QED) is 0.760. The summed E-state index contributed by atoms with van der Waals surface area (Å²) >= 11 is 0. The summed E-state index contributed by atoms with van der Waals surface area (Å²) in [6, 6.07) is 1.82. The van der Waals surface area contributed by atoms with Gasteiger partial charge in [0.15, 0.2) is 5.82 Å². The van der Waals surface area contributed by atoms with Gasteiger partial charge in [-0.2, -0.15) is 5.10 Å². The van der Waals surface area contributed by atoms with E-state index < -0.39 is 5.41 Å². The number of hydrogen-bond donors (Lipinski definition) is 2. The third-order valence-corrected chi connectivity index (χ3v) is 6.46. The fraction of sp³-hybridized carbons (Fsp3) is 0.600. The molecule has 2 fully saturated rings. The van der Waals surface area contributed by atoms with E-state index >= 15 is 0 Å². The fourth-order valence-electron chi connectivity index (χ4n) is 4.79. The maximum Gasteiger partial charge on any atom is 0.289 e. The summed E-state index contributed by atoms with van der Waals surface area (Å²) < 4.78 is 1.83. The molecule has 2 N–H and O–H groups in total. The van der Waals surface area contributed by atoms with Crippen molar-refractivity contribution in [3.8, 4) is 0 Å². The number of H-pyrrole nitrogens is 1. The Morgan fingerprint density at radius 1 is 1.28 bits per heavy atom. The number of aromatic nitrogens is 4. The molecule has 0 bridgehead atoms. The number of fused-ring (bicyclic) bond motifs is 1. The number of likely N-dealkylation sites (N-methyl/N-ethyl adjacent to an activating group) is 1. The predicted octanol–water partition coefficient (Wildman–Crippen LogP) is 0.429. The van der Waals surface area contributed by atoms with Crippen LogP contribution < -0.4 is 5.32 Å². The lowest BCUT2D eigenvalue weighted by Crippen LogP contribution is -2.66. The summed E-state index contributed by atoms with van der Waals surface area (Å²) in [5.41, 5.74) is 0.542. The maximum absolute atomic E-state index is 13.4. The number of imidazole rings is 1. The molecular weight excluding hydrogens is 370 g/mol. The Bertz CT molecular complexity index is 862. The van der Waals surface area contributed by atoms with Crippen molar-refractivity contribution < 1.29 is 9.59 Å². The minimum atomic E-state index is -0.542. The van der Waals surface area contributed by atoms with Gasteiger partial charge in [0.2, 0.25) is 5.91 Å². The molecule has 4 rings (SSSR count). The monoisotopic (exact) mass is 399 g/mol. The van der Waals surface area contributed by atoms with Gasteiger partial charge in [-0.05, 0) is 38.9 Å². The molecule has 2 atom stereocenters. The molecule has 9 heteroatoms. The van der Waals surface area contributed by atoms with Gasteiger partial charge >= 0.3 is 0 Å². The number of carbonyl (C=O) groups is 2. The molecule has 2 aliphatic heterocycles. The molecule has 0 aromatic carbocycles. The average Bonchev–Trinajstić information content (AvgIpc) is 3.39. The van der Waals surface area contributed by atoms with Crippen LogP contribution in [-0.4, -0.2) is 80.6 Å². The van der Waals surface area contributed by atoms with Crippen LogP contribution in [0.5, 0.6) is 0 Å². The highest BCUT2D eigenvalue weighted by molar-refractivity contribution is 5.92. The average molecular weight is 399 g/mol. The van der Waals surface area contributed by atoms with Crippen molar-refractivity contribution >= 4 is 11.8 Å². The van der Waals surface area contributed by atoms with Gasteiger partial charge in [-0.1, -0.05) is 0 Å². The third-order valence-electron chi connectivity index (χ3n) is 6.46. The summed E-state index contributed by atoms with van der Waals surface area (Å²) in [5, 5.41) is 7.33. The Balaban J connectivity index is 1.51. The van der Waals surface area contributed by atoms with E-state index in [0.29, 0.717) is 25.5 Å². The van der Waals surface area contributed by atoms with Crippen LogP contribution in [-0.2, 0) is 18.3 Å². The number of nitrogens with zero attached hydrogens (tertiary/aromatic N) is 5. The van der Waals surface area contributed by atoms with Crippen LogP contribution in [0.2, 0.25) is 0 Å². The van der Waals surface area contributed by atoms with Crippen LogP contribution in [0.15, 0.2) is 24.7 Å². The fourth-order valence-corrected chi connectivity index (χ4v) is 4.79. The Morgan fingerprint density at radius 3 is 2.86 bits per heavy atom. The molecular formula is C20H29N7O2. The zero-order chi connectivity index (χ0) is 20.4. The molecule has 9 nitrogen and oxygen atoms in total. The molecule has 29 heavy (non-hydrogen) atoms. The van der Waals surface area contributed by atoms with Crippen molar-refractivity contribution in [3.05, 3.63) is 36.2 Å². The van der Waals surface area contributed by atoms with E-state index in [9.17, 15) is 9.59 Å². The summed E-state index contributed by atoms with van der Waals surface area (Å²) in [6.07, 6.45) is 8.13. The van der Waals surface area contributed by atoms with Gasteiger partial charge < -0.3 is 20.1 Å². The molecule has 2 amide bonds. The van der Waals surface area contributed by atoms with Crippen LogP contribution in [0.4, 0.5) is 0 Å². The largest absolute Gasteiger partial charge is 0.355 e. The second-order valence-corrected chi connectivity index (χ2v) is 8.18. The zero-order valence-electron chi connectivity index (χ0n) is 17.1. The first-order valence-corrected chi connectivity index (χ1v) is 10.3. The molecule has 0 aliphatic carbocycles. The first-order valence-electron chi connectivity index (χ1n) is 10.3. The Hall–Kier alpha value is -2.68. The first-order chi connectivity index (χ1) is 14.0. The molecule has 2 aliphatic rings. The minimum Gasteiger partial charge on any atom is -0.355 e. The highest BCUT2D eigenvalue weighted by atomic mass is 16.2. The van der Waals surface area contributed by atoms with Gasteiger partial charge in [0, 0.05) is 57.4 Å². The Labute approximate surface area is 170 Å². The van der Waals surface area contributed by atoms with E-state index in [1.807, 2.05) is 29.7 Å². The van der Waals surface area contributed by atoms with Crippen LogP contribution in [0.25, 0.3) is 0 Å². The second-order valence-electron chi connectivity index (χ2n) is 8.18. The Kier molecular flexibility index (Phi) is 5.40. The SMILES string of the molecule is CN1CC[C@]2(C(=O)NCCc3ccnn3C)CCCN(C(=O)c3ncc[nH]3)[C@H]2C1. The number of carbonyl (C=O) groups excluding carboxylic acids is 2. The van der Waals surface area contributed by atoms with Gasteiger partial charge in [-0.15, -0.1) is 0 Å². The van der Waals surface area contributed by atoms with Crippen LogP contribution in [0.1, 0.15) is 35.6 Å². The van der Waals surface area contributed by atoms with Gasteiger partial charge in [0.1, 0.15) is 0 Å². The number of aromatic amines is 1. The topological polar surface area (TPSA) is 99.2 Å². The van der Waals surface area contributed by atoms with Crippen molar-refractivity contribution in [2.24, 2.45) is 12.5 Å². The van der Waals surface area contributed by atoms with Crippen LogP contribution in [0.3, 0.4) is 0 Å². The van der Waals surface area contributed by atoms with Crippen molar-refractivity contribution in [2.75, 3.05) is 33.2 Å². The van der Waals surface area contributed by atoms with Gasteiger partial charge in [0.25, 0.3) is 5.91 Å². The molecule has 2 aromatic heterocycles. The normalized spacial score (nSPS) is 24.9. The summed E-state index contributed by atoms with van der Waals surface area (Å²) in [7, 11) is 3.95. The number of nitrogens with one attached hydrogen (secondary N) is 2. The van der Waals surface area contributed by atoms with E-state index in [4.69, 9.17) is 0 Å². The summed E-state index contributed by atoms with van der Waals surface area (Å²) in [4.78, 5) is 37.6. The van der Waals surface area contributed by atoms with Gasteiger partial charge in [-0.3, -0.25) is 14.3 Å². The van der Waals surface area contributed by atoms with E-state index in [1.54, 1.807) is 18.6 Å². The minimum absolute atomic E-state index is 0.0645. The molecule has 4 heterocycles. The van der Waals surface area contributed by atoms with E-state index in [1.165, 1.54) is 0 Å². The molecule has 0 unspecified atom stereocenters. The van der Waals surface area contributed by atoms with Crippen molar-refractivity contribution in [2.45, 2.75) is 31.7 Å². The number of piperidine rings is 2. The molecule has 0 saturated carbocycles. The maximum atomic E-state index is 13.4. The molecule has 156 valence electrons. The highest BCUT2D eigenvalue weighted by Crippen LogP contribution is 2.42. The molecule has 2 saturated heterocycles. The lowest BCUT2D eigenvalue weighted by atomic mass is 9.67. The molecule has 0 radical (unpaired) electrons. The predicted molar refractivity (Wildman–Crippen MR) is 107 cm³/mol. The lowest BCUT2D eigenvalue weighted by molar-refractivity contribution is -0.142. The first kappa shape index (κ1) is 19.6. The highest BCUT2D eigenvalue weighted by Gasteiger charge is 2.53. The lowest BCUT2D eigenvalue weighted by Gasteiger charge is -2.53. The van der Waals surface area contributed by atoms with E-state index in [0.717, 1.165) is 37.9 Å². The number of amides is 2. The number of hydrogen-bond acceptors (Lipinski definition) is 5. The summed E-state index contributed by atoms with van der Waals surface area (Å²) in [5.74, 6) is 0.280. The van der Waals surface area contributed by atoms with Crippen LogP contribution in [0, 0.1) is 5.41 Å². The van der Waals surface area contributed by atoms with Gasteiger partial charge in [0.05, 0.1) is 11.5 Å². The molecule has 2 aromatic rings. The van der Waals surface area contributed by atoms with Crippen LogP contribution >= 0.6 is 0 Å². The Morgan fingerprint density at radius 2 is 2.14 bits per heavy atom. The zero-order valence-corrected chi connectivity index (χ0v) is 17.1. The third kappa shape index (κ3) is 3.66. The van der Waals surface area contributed by atoms with E-state index in [-0.39, 0.29) is 17.9 Å². The number of aryl methyl sites for hydroxylation is 1. The van der Waals surface area contributed by atoms with E-state index in [2.05, 4.69) is 25.3 Å². The second kappa shape index (κ2) is 7.98. The van der Waals surface area contributed by atoms with Gasteiger partial charge in [-0.25, -0.2) is 4.98 Å². The molecule has 0 spiro atoms. The van der Waals surface area contributed by atoms with Crippen molar-refractivity contribution in [3.63, 3.8) is 0 Å². The summed E-state index contributed by atoms with van der Waals surface area (Å²) in [6.45, 7) is 2.77. The smallest absolute Gasteiger partial charge is 0.289 e. The number of rotatable bonds is 5.